The Morgan fingerprint density at radius 1 is 1.27 bits per heavy atom. The normalized spacial score (nSPS) is 24.7. The van der Waals surface area contributed by atoms with Gasteiger partial charge < -0.3 is 12.7 Å². The van der Waals surface area contributed by atoms with E-state index in [1.807, 2.05) is 7.05 Å². The fourth-order valence-corrected chi connectivity index (χ4v) is 2.27. The van der Waals surface area contributed by atoms with Gasteiger partial charge in [0.25, 0.3) is 0 Å². The number of rotatable bonds is 3. The van der Waals surface area contributed by atoms with E-state index in [9.17, 15) is 0 Å². The molecule has 0 amide bonds. The summed E-state index contributed by atoms with van der Waals surface area (Å²) in [4.78, 5) is 0. The van der Waals surface area contributed by atoms with Crippen molar-refractivity contribution in [3.05, 3.63) is 22.2 Å². The zero-order valence-corrected chi connectivity index (χ0v) is 15.5. The molecule has 0 atom stereocenters. The third-order valence-corrected chi connectivity index (χ3v) is 3.43. The standard InChI is InChI=1S/C10H16Br2N.CH3.W/c1-13-9-5-2-8(3-6-9)4-7-10(11)12;;/h7-9H,2-6H2,1H3;1H3;/q2*-1;+2. The molecule has 0 heterocycles. The molecule has 0 saturated heterocycles. The van der Waals surface area contributed by atoms with Gasteiger partial charge in [-0.3, -0.25) is 0 Å². The zero-order valence-electron chi connectivity index (χ0n) is 9.38. The minimum Gasteiger partial charge on any atom is -0.662 e. The Morgan fingerprint density at radius 2 is 1.80 bits per heavy atom. The van der Waals surface area contributed by atoms with E-state index in [-0.39, 0.29) is 28.5 Å². The van der Waals surface area contributed by atoms with E-state index in [4.69, 9.17) is 0 Å². The van der Waals surface area contributed by atoms with Crippen molar-refractivity contribution in [3.63, 3.8) is 0 Å². The Balaban J connectivity index is 0. The molecule has 15 heavy (non-hydrogen) atoms. The molecule has 1 saturated carbocycles. The van der Waals surface area contributed by atoms with Gasteiger partial charge in [0.2, 0.25) is 0 Å². The molecule has 1 aliphatic carbocycles. The van der Waals surface area contributed by atoms with E-state index in [2.05, 4.69) is 43.3 Å². The summed E-state index contributed by atoms with van der Waals surface area (Å²) in [6, 6.07) is 0.646. The first-order chi connectivity index (χ1) is 6.22. The van der Waals surface area contributed by atoms with Gasteiger partial charge in [-0.25, -0.2) is 0 Å². The van der Waals surface area contributed by atoms with Crippen LogP contribution in [-0.2, 0) is 21.1 Å². The molecule has 0 aromatic carbocycles. The Bertz CT molecular complexity index is 173. The van der Waals surface area contributed by atoms with Crippen molar-refractivity contribution >= 4 is 31.9 Å². The van der Waals surface area contributed by atoms with Crippen LogP contribution < -0.4 is 0 Å². The summed E-state index contributed by atoms with van der Waals surface area (Å²) in [5, 5.41) is 4.34. The van der Waals surface area contributed by atoms with Gasteiger partial charge in [-0.05, 0) is 44.2 Å². The summed E-state index contributed by atoms with van der Waals surface area (Å²) in [6.45, 7) is 0. The van der Waals surface area contributed by atoms with E-state index in [0.29, 0.717) is 6.04 Å². The maximum absolute atomic E-state index is 4.34. The quantitative estimate of drug-likeness (QED) is 0.476. The molecule has 0 unspecified atom stereocenters. The first-order valence-electron chi connectivity index (χ1n) is 4.82. The van der Waals surface area contributed by atoms with E-state index in [1.165, 1.54) is 32.1 Å². The molecular formula is C11H19Br2NW. The van der Waals surface area contributed by atoms with Crippen LogP contribution in [0.4, 0.5) is 0 Å². The maximum atomic E-state index is 4.34. The minimum atomic E-state index is 0. The molecule has 1 nitrogen and oxygen atoms in total. The van der Waals surface area contributed by atoms with Gasteiger partial charge in [0.1, 0.15) is 0 Å². The summed E-state index contributed by atoms with van der Waals surface area (Å²) in [5.74, 6) is 0.878. The second-order valence-electron chi connectivity index (χ2n) is 3.66. The van der Waals surface area contributed by atoms with Crippen LogP contribution in [0.15, 0.2) is 9.47 Å². The Morgan fingerprint density at radius 3 is 2.20 bits per heavy atom. The van der Waals surface area contributed by atoms with Gasteiger partial charge in [-0.1, -0.05) is 31.8 Å². The molecule has 1 rings (SSSR count). The van der Waals surface area contributed by atoms with Crippen molar-refractivity contribution in [1.29, 1.82) is 0 Å². The second kappa shape index (κ2) is 10.5. The number of halogens is 2. The van der Waals surface area contributed by atoms with Crippen LogP contribution in [0.25, 0.3) is 5.32 Å². The summed E-state index contributed by atoms with van der Waals surface area (Å²) in [7, 11) is 1.94. The molecule has 0 spiro atoms. The predicted molar refractivity (Wildman–Crippen MR) is 72.0 cm³/mol. The van der Waals surface area contributed by atoms with E-state index >= 15 is 0 Å². The van der Waals surface area contributed by atoms with Gasteiger partial charge in [0.05, 0.1) is 3.39 Å². The number of hydrogen-bond acceptors (Lipinski definition) is 0. The van der Waals surface area contributed by atoms with E-state index < -0.39 is 0 Å². The van der Waals surface area contributed by atoms with Crippen molar-refractivity contribution < 1.29 is 21.1 Å². The van der Waals surface area contributed by atoms with Gasteiger partial charge in [-0.15, -0.1) is 6.04 Å². The molecule has 88 valence electrons. The molecule has 1 aliphatic rings. The molecule has 0 bridgehead atoms. The molecule has 0 aromatic rings. The van der Waals surface area contributed by atoms with Crippen LogP contribution in [0.1, 0.15) is 32.1 Å². The maximum Gasteiger partial charge on any atom is 2.00 e. The van der Waals surface area contributed by atoms with Crippen molar-refractivity contribution in [2.45, 2.75) is 38.1 Å². The van der Waals surface area contributed by atoms with Crippen LogP contribution in [0.3, 0.4) is 0 Å². The smallest absolute Gasteiger partial charge is 0.662 e. The van der Waals surface area contributed by atoms with Crippen LogP contribution >= 0.6 is 31.9 Å². The Labute approximate surface area is 125 Å². The van der Waals surface area contributed by atoms with Gasteiger partial charge >= 0.3 is 21.1 Å². The Kier molecular flexibility index (Phi) is 13.1. The van der Waals surface area contributed by atoms with Crippen molar-refractivity contribution in [2.24, 2.45) is 5.92 Å². The fraction of sp³-hybridized carbons (Fsp3) is 0.727. The first kappa shape index (κ1) is 18.7. The molecule has 1 fully saturated rings. The third kappa shape index (κ3) is 8.12. The third-order valence-electron chi connectivity index (χ3n) is 2.79. The molecular weight excluding hydrogens is 490 g/mol. The van der Waals surface area contributed by atoms with Gasteiger partial charge in [0.15, 0.2) is 0 Å². The van der Waals surface area contributed by atoms with Crippen LogP contribution in [0.5, 0.6) is 0 Å². The second-order valence-corrected chi connectivity index (χ2v) is 6.44. The molecule has 0 aromatic heterocycles. The monoisotopic (exact) mass is 507 g/mol. The Hall–Kier alpha value is 1.35. The molecule has 0 aliphatic heterocycles. The molecule has 4 heteroatoms. The topological polar surface area (TPSA) is 14.1 Å². The fourth-order valence-electron chi connectivity index (χ4n) is 1.89. The number of hydrogen-bond donors (Lipinski definition) is 0. The predicted octanol–water partition coefficient (Wildman–Crippen LogP) is 5.02. The zero-order chi connectivity index (χ0) is 9.68. The van der Waals surface area contributed by atoms with Crippen LogP contribution in [0.2, 0.25) is 0 Å². The van der Waals surface area contributed by atoms with Crippen molar-refractivity contribution in [1.82, 2.24) is 0 Å². The van der Waals surface area contributed by atoms with Gasteiger partial charge in [-0.2, -0.15) is 7.05 Å². The number of nitrogens with zero attached hydrogens (tertiary/aromatic N) is 1. The van der Waals surface area contributed by atoms with Crippen molar-refractivity contribution in [3.8, 4) is 0 Å². The average molecular weight is 509 g/mol. The summed E-state index contributed by atoms with van der Waals surface area (Å²) in [6.07, 6.45) is 8.66. The average Bonchev–Trinajstić information content (AvgIpc) is 2.15. The van der Waals surface area contributed by atoms with E-state index in [1.54, 1.807) is 0 Å². The molecule has 0 radical (unpaired) electrons. The van der Waals surface area contributed by atoms with Crippen LogP contribution in [0, 0.1) is 13.3 Å². The summed E-state index contributed by atoms with van der Waals surface area (Å²) >= 11 is 6.77. The largest absolute Gasteiger partial charge is 2.00 e. The first-order valence-corrected chi connectivity index (χ1v) is 6.41. The van der Waals surface area contributed by atoms with E-state index in [0.717, 1.165) is 9.31 Å². The minimum absolute atomic E-state index is 0. The SMILES string of the molecule is C[N-]C1CCC(CC=C(Br)Br)CC1.[CH3-].[W+2]. The molecule has 0 N–H and O–H groups in total. The van der Waals surface area contributed by atoms with Gasteiger partial charge in [0, 0.05) is 0 Å². The van der Waals surface area contributed by atoms with Crippen LogP contribution in [-0.4, -0.2) is 13.1 Å². The summed E-state index contributed by atoms with van der Waals surface area (Å²) in [5.41, 5.74) is 0. The summed E-state index contributed by atoms with van der Waals surface area (Å²) < 4.78 is 1.09. The number of allylic oxidation sites excluding steroid dienone is 1. The van der Waals surface area contributed by atoms with Crippen molar-refractivity contribution in [2.75, 3.05) is 7.05 Å².